The van der Waals surface area contributed by atoms with Gasteiger partial charge in [0.05, 0.1) is 13.0 Å². The lowest BCUT2D eigenvalue weighted by molar-refractivity contribution is -0.228. The molecule has 1 saturated heterocycles. The van der Waals surface area contributed by atoms with Gasteiger partial charge in [-0.2, -0.15) is 0 Å². The fraction of sp³-hybridized carbons (Fsp3) is 0.696. The second kappa shape index (κ2) is 6.03. The lowest BCUT2D eigenvalue weighted by Crippen LogP contribution is -2.54. The molecular formula is C23H28O6. The first kappa shape index (κ1) is 19.0. The Morgan fingerprint density at radius 3 is 2.72 bits per heavy atom. The van der Waals surface area contributed by atoms with Crippen LogP contribution in [0.5, 0.6) is 0 Å². The predicted molar refractivity (Wildman–Crippen MR) is 102 cm³/mol. The summed E-state index contributed by atoms with van der Waals surface area (Å²) in [6.45, 7) is 4.36. The van der Waals surface area contributed by atoms with E-state index in [4.69, 9.17) is 14.2 Å². The van der Waals surface area contributed by atoms with Gasteiger partial charge in [0.25, 0.3) is 0 Å². The molecule has 6 heteroatoms. The van der Waals surface area contributed by atoms with Crippen molar-refractivity contribution in [1.29, 1.82) is 0 Å². The molecule has 0 amide bonds. The molecule has 0 aromatic carbocycles. The number of carbonyl (C=O) groups is 3. The molecule has 3 fully saturated rings. The van der Waals surface area contributed by atoms with Gasteiger partial charge in [-0.1, -0.05) is 31.1 Å². The minimum Gasteiger partial charge on any atom is -0.469 e. The molecule has 2 saturated carbocycles. The van der Waals surface area contributed by atoms with Gasteiger partial charge in [0.1, 0.15) is 6.61 Å². The Bertz CT molecular complexity index is 871. The van der Waals surface area contributed by atoms with Gasteiger partial charge in [-0.3, -0.25) is 9.59 Å². The number of methoxy groups -OCH3 is 1. The third kappa shape index (κ3) is 2.35. The van der Waals surface area contributed by atoms with Crippen LogP contribution in [-0.4, -0.2) is 37.2 Å². The number of fused-ring (bicyclic) bond motifs is 6. The lowest BCUT2D eigenvalue weighted by Gasteiger charge is -2.56. The maximum atomic E-state index is 12.9. The van der Waals surface area contributed by atoms with Crippen LogP contribution < -0.4 is 0 Å². The van der Waals surface area contributed by atoms with Crippen molar-refractivity contribution < 1.29 is 28.6 Å². The fourth-order valence-electron chi connectivity index (χ4n) is 7.02. The average Bonchev–Trinajstić information content (AvgIpc) is 3.22. The van der Waals surface area contributed by atoms with Gasteiger partial charge in [0.2, 0.25) is 5.79 Å². The molecule has 5 rings (SSSR count). The third-order valence-electron chi connectivity index (χ3n) is 8.64. The smallest absolute Gasteiger partial charge is 0.334 e. The topological polar surface area (TPSA) is 78.9 Å². The van der Waals surface area contributed by atoms with Gasteiger partial charge in [-0.05, 0) is 43.6 Å². The maximum Gasteiger partial charge on any atom is 0.334 e. The molecule has 0 N–H and O–H groups in total. The minimum absolute atomic E-state index is 0.00328. The summed E-state index contributed by atoms with van der Waals surface area (Å²) in [6, 6.07) is 0. The summed E-state index contributed by atoms with van der Waals surface area (Å²) in [5, 5.41) is 0. The van der Waals surface area contributed by atoms with Crippen LogP contribution in [-0.2, 0) is 28.6 Å². The number of allylic oxidation sites excluding steroid dienone is 4. The van der Waals surface area contributed by atoms with E-state index in [1.165, 1.54) is 12.7 Å². The first-order valence-corrected chi connectivity index (χ1v) is 10.6. The molecule has 6 atom stereocenters. The molecule has 5 aliphatic rings. The molecule has 1 heterocycles. The Morgan fingerprint density at radius 2 is 2.03 bits per heavy atom. The van der Waals surface area contributed by atoms with Crippen LogP contribution in [0.25, 0.3) is 0 Å². The molecule has 0 radical (unpaired) electrons. The van der Waals surface area contributed by atoms with E-state index in [9.17, 15) is 14.4 Å². The molecule has 4 unspecified atom stereocenters. The SMILES string of the molecule is COC(=O)[C@@H]1CC2=CC(=O)CCC2(C)C2=CCC3(C)C(CC[C@@]34OCC(=O)O4)C21. The second-order valence-corrected chi connectivity index (χ2v) is 9.77. The van der Waals surface area contributed by atoms with Gasteiger partial charge >= 0.3 is 11.9 Å². The van der Waals surface area contributed by atoms with Crippen molar-refractivity contribution in [2.75, 3.05) is 13.7 Å². The summed E-state index contributed by atoms with van der Waals surface area (Å²) < 4.78 is 16.9. The molecule has 1 spiro atoms. The zero-order valence-electron chi connectivity index (χ0n) is 17.3. The number of hydrogen-bond donors (Lipinski definition) is 0. The van der Waals surface area contributed by atoms with Crippen LogP contribution in [0.15, 0.2) is 23.3 Å². The van der Waals surface area contributed by atoms with E-state index in [-0.39, 0.29) is 52.9 Å². The molecule has 0 bridgehead atoms. The van der Waals surface area contributed by atoms with E-state index >= 15 is 0 Å². The monoisotopic (exact) mass is 400 g/mol. The number of esters is 2. The molecule has 1 aliphatic heterocycles. The Labute approximate surface area is 170 Å². The van der Waals surface area contributed by atoms with Crippen LogP contribution in [0.4, 0.5) is 0 Å². The highest BCUT2D eigenvalue weighted by molar-refractivity contribution is 5.92. The van der Waals surface area contributed by atoms with Crippen molar-refractivity contribution >= 4 is 17.7 Å². The standard InChI is InChI=1S/C23H28O6/c1-21-7-4-14(24)10-13(21)11-15(20(26)27-3)19-16(21)5-8-22(2)17(19)6-9-23(22)28-12-18(25)29-23/h5,10,15,17,19H,4,6-9,11-12H2,1-3H3/t15-,17?,19?,21?,22?,23+/m1/s1. The molecular weight excluding hydrogens is 372 g/mol. The Kier molecular flexibility index (Phi) is 3.96. The summed E-state index contributed by atoms with van der Waals surface area (Å²) in [4.78, 5) is 36.9. The molecule has 6 nitrogen and oxygen atoms in total. The van der Waals surface area contributed by atoms with Crippen LogP contribution in [0, 0.1) is 28.6 Å². The summed E-state index contributed by atoms with van der Waals surface area (Å²) in [5.74, 6) is -1.43. The highest BCUT2D eigenvalue weighted by Gasteiger charge is 2.68. The zero-order valence-corrected chi connectivity index (χ0v) is 17.3. The van der Waals surface area contributed by atoms with Crippen molar-refractivity contribution in [2.24, 2.45) is 28.6 Å². The van der Waals surface area contributed by atoms with E-state index in [1.54, 1.807) is 6.08 Å². The zero-order chi connectivity index (χ0) is 20.6. The number of hydrogen-bond acceptors (Lipinski definition) is 6. The Morgan fingerprint density at radius 1 is 1.24 bits per heavy atom. The highest BCUT2D eigenvalue weighted by Crippen LogP contribution is 2.68. The number of ketones is 1. The quantitative estimate of drug-likeness (QED) is 0.497. The van der Waals surface area contributed by atoms with E-state index in [1.807, 2.05) is 0 Å². The first-order chi connectivity index (χ1) is 13.7. The number of ether oxygens (including phenoxy) is 3. The van der Waals surface area contributed by atoms with Crippen molar-refractivity contribution in [1.82, 2.24) is 0 Å². The highest BCUT2D eigenvalue weighted by atomic mass is 16.8. The molecule has 29 heavy (non-hydrogen) atoms. The van der Waals surface area contributed by atoms with E-state index in [2.05, 4.69) is 19.9 Å². The predicted octanol–water partition coefficient (Wildman–Crippen LogP) is 3.11. The van der Waals surface area contributed by atoms with Crippen LogP contribution in [0.1, 0.15) is 52.4 Å². The van der Waals surface area contributed by atoms with Crippen LogP contribution in [0.2, 0.25) is 0 Å². The van der Waals surface area contributed by atoms with Gasteiger partial charge < -0.3 is 14.2 Å². The fourth-order valence-corrected chi connectivity index (χ4v) is 7.02. The normalized spacial score (nSPS) is 45.7. The number of carbonyl (C=O) groups excluding carboxylic acids is 3. The average molecular weight is 400 g/mol. The summed E-state index contributed by atoms with van der Waals surface area (Å²) in [6.07, 6.45) is 8.13. The molecule has 156 valence electrons. The van der Waals surface area contributed by atoms with E-state index in [0.29, 0.717) is 19.3 Å². The molecule has 0 aromatic heterocycles. The van der Waals surface area contributed by atoms with Crippen LogP contribution >= 0.6 is 0 Å². The van der Waals surface area contributed by atoms with Gasteiger partial charge in [0, 0.05) is 23.7 Å². The lowest BCUT2D eigenvalue weighted by atomic mass is 9.49. The Hall–Kier alpha value is -1.95. The van der Waals surface area contributed by atoms with Gasteiger partial charge in [-0.25, -0.2) is 4.79 Å². The summed E-state index contributed by atoms with van der Waals surface area (Å²) in [7, 11) is 1.43. The van der Waals surface area contributed by atoms with Crippen molar-refractivity contribution in [3.63, 3.8) is 0 Å². The molecule has 4 aliphatic carbocycles. The number of rotatable bonds is 1. The van der Waals surface area contributed by atoms with Crippen molar-refractivity contribution in [2.45, 2.75) is 58.2 Å². The maximum absolute atomic E-state index is 12.9. The molecule has 0 aromatic rings. The second-order valence-electron chi connectivity index (χ2n) is 9.77. The van der Waals surface area contributed by atoms with Gasteiger partial charge in [-0.15, -0.1) is 0 Å². The minimum atomic E-state index is -0.892. The van der Waals surface area contributed by atoms with E-state index in [0.717, 1.165) is 24.8 Å². The van der Waals surface area contributed by atoms with Gasteiger partial charge in [0.15, 0.2) is 5.78 Å². The van der Waals surface area contributed by atoms with E-state index < -0.39 is 5.79 Å². The first-order valence-electron chi connectivity index (χ1n) is 10.6. The van der Waals surface area contributed by atoms with Crippen LogP contribution in [0.3, 0.4) is 0 Å². The third-order valence-corrected chi connectivity index (χ3v) is 8.64. The summed E-state index contributed by atoms with van der Waals surface area (Å²) >= 11 is 0. The largest absolute Gasteiger partial charge is 0.469 e. The summed E-state index contributed by atoms with van der Waals surface area (Å²) in [5.41, 5.74) is 1.77. The van der Waals surface area contributed by atoms with Crippen molar-refractivity contribution in [3.05, 3.63) is 23.3 Å². The Balaban J connectivity index is 1.63. The van der Waals surface area contributed by atoms with Crippen molar-refractivity contribution in [3.8, 4) is 0 Å².